The van der Waals surface area contributed by atoms with Gasteiger partial charge in [-0.25, -0.2) is 0 Å². The molecule has 0 aliphatic rings. The first-order chi connectivity index (χ1) is 7.00. The monoisotopic (exact) mass is 228 g/mol. The molecule has 1 rings (SSSR count). The van der Waals surface area contributed by atoms with Gasteiger partial charge in [-0.05, 0) is 12.1 Å². The molecule has 0 atom stereocenters. The quantitative estimate of drug-likeness (QED) is 0.587. The van der Waals surface area contributed by atoms with Gasteiger partial charge in [-0.1, -0.05) is 11.6 Å². The molecule has 0 heterocycles. The summed E-state index contributed by atoms with van der Waals surface area (Å²) in [6, 6.07) is 3.91. The van der Waals surface area contributed by atoms with Crippen molar-refractivity contribution in [2.24, 2.45) is 0 Å². The lowest BCUT2D eigenvalue weighted by Crippen LogP contribution is -1.92. The van der Waals surface area contributed by atoms with E-state index in [9.17, 15) is 20.2 Å². The molecule has 0 saturated heterocycles. The van der Waals surface area contributed by atoms with Gasteiger partial charge in [0.05, 0.1) is 15.4 Å². The highest BCUT2D eigenvalue weighted by atomic mass is 35.5. The lowest BCUT2D eigenvalue weighted by atomic mass is 10.2. The Balaban J connectivity index is 3.17. The van der Waals surface area contributed by atoms with Crippen LogP contribution >= 0.6 is 11.6 Å². The lowest BCUT2D eigenvalue weighted by molar-refractivity contribution is -0.401. The van der Waals surface area contributed by atoms with Crippen molar-refractivity contribution in [2.45, 2.75) is 0 Å². The molecule has 0 radical (unpaired) electrons. The first-order valence-corrected chi connectivity index (χ1v) is 4.14. The van der Waals surface area contributed by atoms with Gasteiger partial charge < -0.3 is 0 Å². The van der Waals surface area contributed by atoms with Crippen LogP contribution in [0.4, 0.5) is 5.69 Å². The third-order valence-electron chi connectivity index (χ3n) is 1.56. The topological polar surface area (TPSA) is 86.3 Å². The smallest absolute Gasteiger partial charge is 0.259 e. The molecule has 0 unspecified atom stereocenters. The minimum Gasteiger partial charge on any atom is -0.259 e. The molecule has 78 valence electrons. The van der Waals surface area contributed by atoms with Crippen molar-refractivity contribution in [3.05, 3.63) is 55.2 Å². The standard InChI is InChI=1S/C8H5ClN2O4/c9-7-2-1-6(3-4-10(12)13)8(5-7)11(14)15/h1-5H/b4-3+. The Labute approximate surface area is 89.1 Å². The molecular formula is C8H5ClN2O4. The van der Waals surface area contributed by atoms with E-state index in [4.69, 9.17) is 11.6 Å². The van der Waals surface area contributed by atoms with Gasteiger partial charge in [-0.2, -0.15) is 0 Å². The maximum absolute atomic E-state index is 10.6. The number of hydrogen-bond donors (Lipinski definition) is 0. The SMILES string of the molecule is O=[N+]([O-])/C=C/c1ccc(Cl)cc1[N+](=O)[O-]. The molecule has 0 bridgehead atoms. The molecule has 7 heteroatoms. The highest BCUT2D eigenvalue weighted by Crippen LogP contribution is 2.24. The third-order valence-corrected chi connectivity index (χ3v) is 1.80. The number of nitrogens with zero attached hydrogens (tertiary/aromatic N) is 2. The van der Waals surface area contributed by atoms with Crippen molar-refractivity contribution in [3.63, 3.8) is 0 Å². The Morgan fingerprint density at radius 3 is 2.47 bits per heavy atom. The van der Waals surface area contributed by atoms with Gasteiger partial charge in [0.15, 0.2) is 0 Å². The summed E-state index contributed by atoms with van der Waals surface area (Å²) in [5, 5.41) is 20.8. The largest absolute Gasteiger partial charge is 0.278 e. The number of nitro groups is 2. The van der Waals surface area contributed by atoms with E-state index >= 15 is 0 Å². The Morgan fingerprint density at radius 1 is 1.27 bits per heavy atom. The second kappa shape index (κ2) is 4.52. The molecule has 0 amide bonds. The van der Waals surface area contributed by atoms with Gasteiger partial charge in [0.1, 0.15) is 0 Å². The Hall–Kier alpha value is -1.95. The molecular weight excluding hydrogens is 224 g/mol. The predicted molar refractivity (Wildman–Crippen MR) is 54.1 cm³/mol. The molecule has 6 nitrogen and oxygen atoms in total. The van der Waals surface area contributed by atoms with E-state index in [0.717, 1.165) is 12.1 Å². The number of benzene rings is 1. The van der Waals surface area contributed by atoms with Crippen molar-refractivity contribution in [3.8, 4) is 0 Å². The highest BCUT2D eigenvalue weighted by molar-refractivity contribution is 6.30. The summed E-state index contributed by atoms with van der Waals surface area (Å²) in [4.78, 5) is 19.3. The lowest BCUT2D eigenvalue weighted by Gasteiger charge is -1.96. The fraction of sp³-hybridized carbons (Fsp3) is 0. The molecule has 1 aromatic rings. The molecule has 0 saturated carbocycles. The summed E-state index contributed by atoms with van der Waals surface area (Å²) in [5.41, 5.74) is -0.123. The number of rotatable bonds is 3. The summed E-state index contributed by atoms with van der Waals surface area (Å²) in [6.07, 6.45) is 1.69. The molecule has 0 spiro atoms. The second-order valence-corrected chi connectivity index (χ2v) is 3.00. The normalized spacial score (nSPS) is 10.5. The average Bonchev–Trinajstić information content (AvgIpc) is 2.15. The van der Waals surface area contributed by atoms with Crippen LogP contribution in [0.15, 0.2) is 24.4 Å². The van der Waals surface area contributed by atoms with Crippen LogP contribution in [0.2, 0.25) is 5.02 Å². The van der Waals surface area contributed by atoms with E-state index in [1.54, 1.807) is 0 Å². The van der Waals surface area contributed by atoms with Gasteiger partial charge in [0, 0.05) is 17.2 Å². The molecule has 0 N–H and O–H groups in total. The average molecular weight is 229 g/mol. The molecule has 0 aromatic heterocycles. The summed E-state index contributed by atoms with van der Waals surface area (Å²) in [5.74, 6) is 0. The Kier molecular flexibility index (Phi) is 3.35. The molecule has 0 fully saturated rings. The Bertz CT molecular complexity index is 444. The van der Waals surface area contributed by atoms with Crippen LogP contribution in [0.25, 0.3) is 6.08 Å². The zero-order chi connectivity index (χ0) is 11.4. The maximum atomic E-state index is 10.6. The van der Waals surface area contributed by atoms with Crippen molar-refractivity contribution in [1.82, 2.24) is 0 Å². The van der Waals surface area contributed by atoms with Crippen molar-refractivity contribution in [1.29, 1.82) is 0 Å². The van der Waals surface area contributed by atoms with Crippen LogP contribution in [-0.4, -0.2) is 9.85 Å². The predicted octanol–water partition coefficient (Wildman–Crippen LogP) is 2.50. The summed E-state index contributed by atoms with van der Waals surface area (Å²) in [7, 11) is 0. The highest BCUT2D eigenvalue weighted by Gasteiger charge is 2.12. The van der Waals surface area contributed by atoms with Gasteiger partial charge in [0.2, 0.25) is 6.20 Å². The minimum absolute atomic E-state index is 0.140. The van der Waals surface area contributed by atoms with Gasteiger partial charge >= 0.3 is 0 Å². The first kappa shape index (κ1) is 11.1. The van der Waals surface area contributed by atoms with Crippen LogP contribution in [-0.2, 0) is 0 Å². The zero-order valence-corrected chi connectivity index (χ0v) is 8.05. The summed E-state index contributed by atoms with van der Waals surface area (Å²) >= 11 is 5.56. The van der Waals surface area contributed by atoms with E-state index in [2.05, 4.69) is 0 Å². The molecule has 0 aliphatic heterocycles. The van der Waals surface area contributed by atoms with Crippen molar-refractivity contribution < 1.29 is 9.85 Å². The van der Waals surface area contributed by atoms with Crippen LogP contribution in [0.1, 0.15) is 5.56 Å². The van der Waals surface area contributed by atoms with Crippen LogP contribution in [0.5, 0.6) is 0 Å². The van der Waals surface area contributed by atoms with Crippen LogP contribution < -0.4 is 0 Å². The van der Waals surface area contributed by atoms with Gasteiger partial charge in [-0.3, -0.25) is 20.2 Å². The fourth-order valence-electron chi connectivity index (χ4n) is 0.957. The fourth-order valence-corrected chi connectivity index (χ4v) is 1.12. The molecule has 0 aliphatic carbocycles. The number of hydrogen-bond acceptors (Lipinski definition) is 4. The first-order valence-electron chi connectivity index (χ1n) is 3.76. The van der Waals surface area contributed by atoms with E-state index in [0.29, 0.717) is 6.20 Å². The van der Waals surface area contributed by atoms with E-state index < -0.39 is 9.85 Å². The van der Waals surface area contributed by atoms with E-state index in [-0.39, 0.29) is 16.3 Å². The van der Waals surface area contributed by atoms with Crippen molar-refractivity contribution >= 4 is 23.4 Å². The number of nitro benzene ring substituents is 1. The van der Waals surface area contributed by atoms with Crippen LogP contribution in [0, 0.1) is 20.2 Å². The van der Waals surface area contributed by atoms with E-state index in [1.807, 2.05) is 0 Å². The van der Waals surface area contributed by atoms with Gasteiger partial charge in [0.25, 0.3) is 5.69 Å². The zero-order valence-electron chi connectivity index (χ0n) is 7.29. The van der Waals surface area contributed by atoms with Crippen LogP contribution in [0.3, 0.4) is 0 Å². The number of halogens is 1. The Morgan fingerprint density at radius 2 is 1.93 bits per heavy atom. The molecule has 15 heavy (non-hydrogen) atoms. The van der Waals surface area contributed by atoms with Gasteiger partial charge in [-0.15, -0.1) is 0 Å². The summed E-state index contributed by atoms with van der Waals surface area (Å²) < 4.78 is 0. The maximum Gasteiger partial charge on any atom is 0.278 e. The third kappa shape index (κ3) is 3.03. The minimum atomic E-state index is -0.696. The summed E-state index contributed by atoms with van der Waals surface area (Å²) in [6.45, 7) is 0. The van der Waals surface area contributed by atoms with Crippen molar-refractivity contribution in [2.75, 3.05) is 0 Å². The molecule has 1 aromatic carbocycles. The second-order valence-electron chi connectivity index (χ2n) is 2.56. The van der Waals surface area contributed by atoms with E-state index in [1.165, 1.54) is 12.1 Å².